The van der Waals surface area contributed by atoms with Gasteiger partial charge in [0.25, 0.3) is 0 Å². The van der Waals surface area contributed by atoms with E-state index in [1.165, 1.54) is 32.7 Å². The molecule has 0 bridgehead atoms. The van der Waals surface area contributed by atoms with Crippen LogP contribution in [0, 0.1) is 6.08 Å². The molecule has 16 heavy (non-hydrogen) atoms. The lowest BCUT2D eigenvalue weighted by Crippen LogP contribution is -1.89. The molecule has 0 fully saturated rings. The SMILES string of the molecule is [C+]1=Cc2cccc3ccc4cccc1c4c23. The van der Waals surface area contributed by atoms with Gasteiger partial charge in [0.05, 0.1) is 22.4 Å². The van der Waals surface area contributed by atoms with Crippen molar-refractivity contribution in [1.29, 1.82) is 0 Å². The summed E-state index contributed by atoms with van der Waals surface area (Å²) < 4.78 is 0. The van der Waals surface area contributed by atoms with Crippen LogP contribution in [0.5, 0.6) is 0 Å². The summed E-state index contributed by atoms with van der Waals surface area (Å²) in [6, 6.07) is 17.2. The Balaban J connectivity index is 2.44. The molecule has 4 rings (SSSR count). The van der Waals surface area contributed by atoms with Crippen molar-refractivity contribution in [2.45, 2.75) is 0 Å². The van der Waals surface area contributed by atoms with E-state index in [-0.39, 0.29) is 0 Å². The van der Waals surface area contributed by atoms with E-state index in [4.69, 9.17) is 0 Å². The molecule has 0 aromatic heterocycles. The predicted molar refractivity (Wildman–Crippen MR) is 68.3 cm³/mol. The number of hydrogen-bond acceptors (Lipinski definition) is 0. The molecule has 0 unspecified atom stereocenters. The van der Waals surface area contributed by atoms with Crippen LogP contribution in [0.4, 0.5) is 0 Å². The molecule has 3 aromatic carbocycles. The Hall–Kier alpha value is -2.17. The first kappa shape index (κ1) is 8.04. The number of rotatable bonds is 0. The summed E-state index contributed by atoms with van der Waals surface area (Å²) in [5.74, 6) is 0. The third kappa shape index (κ3) is 0.875. The average Bonchev–Trinajstić information content (AvgIpc) is 2.36. The summed E-state index contributed by atoms with van der Waals surface area (Å²) in [6.07, 6.45) is 5.45. The molecule has 0 aliphatic heterocycles. The highest BCUT2D eigenvalue weighted by molar-refractivity contribution is 6.14. The van der Waals surface area contributed by atoms with Gasteiger partial charge in [-0.15, -0.1) is 0 Å². The van der Waals surface area contributed by atoms with Gasteiger partial charge in [0.1, 0.15) is 0 Å². The monoisotopic (exact) mass is 201 g/mol. The van der Waals surface area contributed by atoms with Crippen LogP contribution in [0.2, 0.25) is 0 Å². The van der Waals surface area contributed by atoms with Crippen LogP contribution in [-0.2, 0) is 0 Å². The van der Waals surface area contributed by atoms with E-state index in [9.17, 15) is 0 Å². The number of hydrogen-bond donors (Lipinski definition) is 0. The molecule has 72 valence electrons. The van der Waals surface area contributed by atoms with E-state index in [0.717, 1.165) is 0 Å². The minimum atomic E-state index is 1.21. The van der Waals surface area contributed by atoms with Gasteiger partial charge in [-0.1, -0.05) is 18.2 Å². The Morgan fingerprint density at radius 1 is 0.688 bits per heavy atom. The third-order valence-electron chi connectivity index (χ3n) is 3.30. The first-order chi connectivity index (χ1) is 7.93. The Bertz CT molecular complexity index is 684. The van der Waals surface area contributed by atoms with E-state index in [2.05, 4.69) is 60.7 Å². The molecule has 3 aromatic rings. The predicted octanol–water partition coefficient (Wildman–Crippen LogP) is 4.17. The van der Waals surface area contributed by atoms with Gasteiger partial charge in [-0.05, 0) is 24.3 Å². The molecule has 1 aliphatic rings. The van der Waals surface area contributed by atoms with Gasteiger partial charge in [-0.2, -0.15) is 0 Å². The molecule has 0 spiro atoms. The molecule has 0 nitrogen and oxygen atoms in total. The van der Waals surface area contributed by atoms with Gasteiger partial charge in [0, 0.05) is 22.9 Å². The summed E-state index contributed by atoms with van der Waals surface area (Å²) in [5, 5.41) is 5.33. The van der Waals surface area contributed by atoms with Crippen molar-refractivity contribution in [2.24, 2.45) is 0 Å². The molecule has 0 N–H and O–H groups in total. The quantitative estimate of drug-likeness (QED) is 0.296. The van der Waals surface area contributed by atoms with E-state index in [0.29, 0.717) is 0 Å². The van der Waals surface area contributed by atoms with E-state index < -0.39 is 0 Å². The lowest BCUT2D eigenvalue weighted by molar-refractivity contribution is 1.62. The van der Waals surface area contributed by atoms with Crippen molar-refractivity contribution in [3.05, 3.63) is 65.7 Å². The maximum Gasteiger partial charge on any atom is 0.156 e. The standard InChI is InChI=1S/C16H9/c1-3-11-7-9-13-5-2-6-14-10-8-12(4-1)15(11)16(13)14/h1-9H/q+1. The van der Waals surface area contributed by atoms with E-state index >= 15 is 0 Å². The Morgan fingerprint density at radius 3 is 2.31 bits per heavy atom. The van der Waals surface area contributed by atoms with Gasteiger partial charge in [0.15, 0.2) is 5.56 Å². The van der Waals surface area contributed by atoms with Crippen LogP contribution < -0.4 is 0 Å². The zero-order valence-corrected chi connectivity index (χ0v) is 8.70. The molecule has 1 aliphatic carbocycles. The first-order valence-corrected chi connectivity index (χ1v) is 5.48. The fraction of sp³-hybridized carbons (Fsp3) is 0. The van der Waals surface area contributed by atoms with Crippen LogP contribution in [-0.4, -0.2) is 0 Å². The lowest BCUT2D eigenvalue weighted by Gasteiger charge is -2.06. The smallest absolute Gasteiger partial charge is 0.0517 e. The molecule has 0 radical (unpaired) electrons. The Kier molecular flexibility index (Phi) is 1.35. The van der Waals surface area contributed by atoms with Crippen molar-refractivity contribution in [1.82, 2.24) is 0 Å². The normalized spacial score (nSPS) is 12.2. The summed E-state index contributed by atoms with van der Waals surface area (Å²) in [4.78, 5) is 0. The summed E-state index contributed by atoms with van der Waals surface area (Å²) in [7, 11) is 0. The topological polar surface area (TPSA) is 0 Å². The second-order valence-electron chi connectivity index (χ2n) is 4.20. The molecule has 0 saturated heterocycles. The average molecular weight is 201 g/mol. The molecule has 0 heterocycles. The molecule has 0 saturated carbocycles. The Morgan fingerprint density at radius 2 is 1.44 bits per heavy atom. The van der Waals surface area contributed by atoms with Crippen molar-refractivity contribution in [3.8, 4) is 0 Å². The largest absolute Gasteiger partial charge is 0.156 e. The molecule has 0 amide bonds. The van der Waals surface area contributed by atoms with Gasteiger partial charge in [-0.25, -0.2) is 0 Å². The zero-order valence-electron chi connectivity index (χ0n) is 8.70. The van der Waals surface area contributed by atoms with Crippen LogP contribution in [0.1, 0.15) is 11.1 Å². The van der Waals surface area contributed by atoms with Gasteiger partial charge in [-0.3, -0.25) is 0 Å². The summed E-state index contributed by atoms with van der Waals surface area (Å²) in [6.45, 7) is 0. The van der Waals surface area contributed by atoms with Crippen LogP contribution in [0.15, 0.2) is 48.5 Å². The lowest BCUT2D eigenvalue weighted by atomic mass is 9.90. The van der Waals surface area contributed by atoms with E-state index in [1.807, 2.05) is 0 Å². The fourth-order valence-corrected chi connectivity index (χ4v) is 2.58. The fourth-order valence-electron chi connectivity index (χ4n) is 2.58. The molecular weight excluding hydrogens is 192 g/mol. The molecule has 0 heteroatoms. The minimum absolute atomic E-state index is 1.21. The molecular formula is C16H9+. The van der Waals surface area contributed by atoms with Crippen LogP contribution in [0.25, 0.3) is 27.6 Å². The van der Waals surface area contributed by atoms with Gasteiger partial charge >= 0.3 is 0 Å². The highest BCUT2D eigenvalue weighted by Crippen LogP contribution is 2.34. The van der Waals surface area contributed by atoms with Crippen LogP contribution in [0.3, 0.4) is 0 Å². The van der Waals surface area contributed by atoms with Crippen molar-refractivity contribution >= 4 is 27.6 Å². The minimum Gasteiger partial charge on any atom is -0.0517 e. The Labute approximate surface area is 93.8 Å². The van der Waals surface area contributed by atoms with Crippen molar-refractivity contribution < 1.29 is 0 Å². The van der Waals surface area contributed by atoms with Crippen molar-refractivity contribution in [3.63, 3.8) is 0 Å². The zero-order chi connectivity index (χ0) is 10.5. The van der Waals surface area contributed by atoms with Gasteiger partial charge in [0.2, 0.25) is 0 Å². The second-order valence-corrected chi connectivity index (χ2v) is 4.20. The second kappa shape index (κ2) is 2.69. The maximum atomic E-state index is 3.36. The highest BCUT2D eigenvalue weighted by Gasteiger charge is 2.18. The third-order valence-corrected chi connectivity index (χ3v) is 3.30. The van der Waals surface area contributed by atoms with Gasteiger partial charge < -0.3 is 0 Å². The van der Waals surface area contributed by atoms with Crippen LogP contribution >= 0.6 is 0 Å². The first-order valence-electron chi connectivity index (χ1n) is 5.48. The number of benzene rings is 3. The summed E-state index contributed by atoms with van der Waals surface area (Å²) in [5.41, 5.74) is 2.49. The highest BCUT2D eigenvalue weighted by atomic mass is 14.1. The maximum absolute atomic E-state index is 3.36. The van der Waals surface area contributed by atoms with E-state index in [1.54, 1.807) is 0 Å². The molecule has 0 atom stereocenters. The van der Waals surface area contributed by atoms with Crippen molar-refractivity contribution in [2.75, 3.05) is 0 Å². The summed E-state index contributed by atoms with van der Waals surface area (Å²) >= 11 is 0.